The molecule has 0 fully saturated rings. The summed E-state index contributed by atoms with van der Waals surface area (Å²) in [5.74, 6) is 0.00206. The van der Waals surface area contributed by atoms with Gasteiger partial charge in [-0.15, -0.1) is 11.3 Å². The van der Waals surface area contributed by atoms with Gasteiger partial charge in [0.25, 0.3) is 0 Å². The lowest BCUT2D eigenvalue weighted by Gasteiger charge is -2.07. The molecule has 0 saturated carbocycles. The molecule has 0 unspecified atom stereocenters. The Morgan fingerprint density at radius 2 is 1.94 bits per heavy atom. The summed E-state index contributed by atoms with van der Waals surface area (Å²) >= 11 is 1.73. The molecule has 178 valence electrons. The normalized spacial score (nSPS) is 11.4. The van der Waals surface area contributed by atoms with Crippen LogP contribution in [0.3, 0.4) is 0 Å². The molecule has 1 amide bonds. The zero-order valence-electron chi connectivity index (χ0n) is 19.7. The zero-order valence-corrected chi connectivity index (χ0v) is 20.5. The summed E-state index contributed by atoms with van der Waals surface area (Å²) in [6.45, 7) is 2.07. The molecule has 0 saturated heterocycles. The van der Waals surface area contributed by atoms with Crippen LogP contribution in [0.15, 0.2) is 72.5 Å². The predicted octanol–water partition coefficient (Wildman–Crippen LogP) is 7.03. The van der Waals surface area contributed by atoms with Crippen molar-refractivity contribution in [3.8, 4) is 33.0 Å². The molecular weight excluding hydrogens is 468 g/mol. The Morgan fingerprint density at radius 3 is 2.81 bits per heavy atom. The fraction of sp³-hybridized carbons (Fsp3) is 0.143. The number of anilines is 1. The van der Waals surface area contributed by atoms with E-state index >= 15 is 0 Å². The SMILES string of the molecule is CCCCC(=O)Nc1cncc(-c2cnc3n[nH]c(-c4cc5c(-c6cccs6)cccc5[nH]4)c3c2)c1. The average Bonchev–Trinajstić information content (AvgIpc) is 3.66. The van der Waals surface area contributed by atoms with Crippen molar-refractivity contribution < 1.29 is 4.79 Å². The lowest BCUT2D eigenvalue weighted by Crippen LogP contribution is -2.11. The van der Waals surface area contributed by atoms with Crippen LogP contribution < -0.4 is 5.32 Å². The molecule has 0 atom stereocenters. The molecule has 0 bridgehead atoms. The number of fused-ring (bicyclic) bond motifs is 2. The van der Waals surface area contributed by atoms with Gasteiger partial charge in [0.1, 0.15) is 0 Å². The van der Waals surface area contributed by atoms with Crippen molar-refractivity contribution in [2.24, 2.45) is 0 Å². The molecule has 5 heterocycles. The van der Waals surface area contributed by atoms with Crippen molar-refractivity contribution in [2.75, 3.05) is 5.32 Å². The van der Waals surface area contributed by atoms with Gasteiger partial charge in [0, 0.05) is 56.7 Å². The van der Waals surface area contributed by atoms with Gasteiger partial charge < -0.3 is 10.3 Å². The zero-order chi connectivity index (χ0) is 24.5. The van der Waals surface area contributed by atoms with Crippen molar-refractivity contribution in [2.45, 2.75) is 26.2 Å². The molecule has 1 aromatic carbocycles. The van der Waals surface area contributed by atoms with Crippen LogP contribution in [0.4, 0.5) is 5.69 Å². The van der Waals surface area contributed by atoms with E-state index < -0.39 is 0 Å². The first-order chi connectivity index (χ1) is 17.7. The molecule has 36 heavy (non-hydrogen) atoms. The minimum atomic E-state index is 0.00206. The Balaban J connectivity index is 1.37. The smallest absolute Gasteiger partial charge is 0.224 e. The number of benzene rings is 1. The number of hydrogen-bond donors (Lipinski definition) is 3. The van der Waals surface area contributed by atoms with Crippen molar-refractivity contribution in [1.82, 2.24) is 25.1 Å². The highest BCUT2D eigenvalue weighted by molar-refractivity contribution is 7.13. The minimum absolute atomic E-state index is 0.00206. The van der Waals surface area contributed by atoms with Crippen molar-refractivity contribution >= 4 is 44.9 Å². The van der Waals surface area contributed by atoms with E-state index in [9.17, 15) is 4.79 Å². The summed E-state index contributed by atoms with van der Waals surface area (Å²) < 4.78 is 0. The number of thiophene rings is 1. The van der Waals surface area contributed by atoms with Crippen LogP contribution in [0.1, 0.15) is 26.2 Å². The molecule has 6 rings (SSSR count). The van der Waals surface area contributed by atoms with E-state index in [0.717, 1.165) is 51.6 Å². The van der Waals surface area contributed by atoms with Crippen LogP contribution in [0.25, 0.3) is 54.9 Å². The number of unbranched alkanes of at least 4 members (excludes halogenated alkanes) is 1. The van der Waals surface area contributed by atoms with Crippen molar-refractivity contribution in [3.05, 3.63) is 72.5 Å². The van der Waals surface area contributed by atoms with Crippen molar-refractivity contribution in [1.29, 1.82) is 0 Å². The molecule has 0 aliphatic heterocycles. The van der Waals surface area contributed by atoms with E-state index in [1.807, 2.05) is 6.07 Å². The number of pyridine rings is 2. The third-order valence-corrected chi connectivity index (χ3v) is 7.15. The molecule has 0 spiro atoms. The second-order valence-electron chi connectivity index (χ2n) is 8.73. The summed E-state index contributed by atoms with van der Waals surface area (Å²) in [5.41, 5.74) is 7.20. The molecular formula is C28H24N6OS. The summed E-state index contributed by atoms with van der Waals surface area (Å²) in [6.07, 6.45) is 7.58. The molecule has 0 aliphatic rings. The number of nitrogens with zero attached hydrogens (tertiary/aromatic N) is 3. The quantitative estimate of drug-likeness (QED) is 0.223. The Labute approximate surface area is 211 Å². The fourth-order valence-corrected chi connectivity index (χ4v) is 5.19. The number of H-pyrrole nitrogens is 2. The minimum Gasteiger partial charge on any atom is -0.353 e. The van der Waals surface area contributed by atoms with E-state index in [1.165, 1.54) is 10.4 Å². The molecule has 6 aromatic rings. The fourth-order valence-electron chi connectivity index (χ4n) is 4.43. The highest BCUT2D eigenvalue weighted by Crippen LogP contribution is 2.36. The molecule has 3 N–H and O–H groups in total. The average molecular weight is 493 g/mol. The predicted molar refractivity (Wildman–Crippen MR) is 146 cm³/mol. The van der Waals surface area contributed by atoms with Crippen molar-refractivity contribution in [3.63, 3.8) is 0 Å². The van der Waals surface area contributed by atoms with Crippen LogP contribution in [-0.4, -0.2) is 31.1 Å². The van der Waals surface area contributed by atoms with Gasteiger partial charge in [0.2, 0.25) is 5.91 Å². The number of hydrogen-bond acceptors (Lipinski definition) is 5. The largest absolute Gasteiger partial charge is 0.353 e. The molecule has 7 nitrogen and oxygen atoms in total. The van der Waals surface area contributed by atoms with Crippen LogP contribution in [0, 0.1) is 0 Å². The van der Waals surface area contributed by atoms with Gasteiger partial charge in [-0.2, -0.15) is 5.10 Å². The highest BCUT2D eigenvalue weighted by Gasteiger charge is 2.15. The monoisotopic (exact) mass is 492 g/mol. The number of amides is 1. The lowest BCUT2D eigenvalue weighted by atomic mass is 10.1. The first kappa shape index (κ1) is 22.2. The van der Waals surface area contributed by atoms with E-state index in [2.05, 4.69) is 85.2 Å². The second kappa shape index (κ2) is 9.39. The molecule has 8 heteroatoms. The number of carbonyl (C=O) groups is 1. The van der Waals surface area contributed by atoms with E-state index in [1.54, 1.807) is 29.9 Å². The molecule has 5 aromatic heterocycles. The Bertz CT molecular complexity index is 1680. The number of rotatable bonds is 7. The first-order valence-corrected chi connectivity index (χ1v) is 12.8. The number of nitrogens with one attached hydrogen (secondary N) is 3. The molecule has 0 aliphatic carbocycles. The maximum absolute atomic E-state index is 12.2. The van der Waals surface area contributed by atoms with Crippen LogP contribution in [0.2, 0.25) is 0 Å². The summed E-state index contributed by atoms with van der Waals surface area (Å²) in [6, 6.07) is 16.7. The van der Waals surface area contributed by atoms with Crippen LogP contribution >= 0.6 is 11.3 Å². The van der Waals surface area contributed by atoms with Gasteiger partial charge in [-0.05, 0) is 42.1 Å². The topological polar surface area (TPSA) is 99.3 Å². The molecule has 0 radical (unpaired) electrons. The highest BCUT2D eigenvalue weighted by atomic mass is 32.1. The van der Waals surface area contributed by atoms with Gasteiger partial charge in [-0.1, -0.05) is 31.5 Å². The third kappa shape index (κ3) is 4.16. The maximum Gasteiger partial charge on any atom is 0.224 e. The Hall–Kier alpha value is -4.30. The van der Waals surface area contributed by atoms with E-state index in [4.69, 9.17) is 0 Å². The Morgan fingerprint density at radius 1 is 1.03 bits per heavy atom. The standard InChI is InChI=1S/C28H24N6OS/c1-2-3-9-26(35)31-19-11-17(14-29-16-19)18-12-22-27(33-34-28(22)30-15-18)24-13-21-20(25-8-5-10-36-25)6-4-7-23(21)32-24/h4-8,10-16,32H,2-3,9H2,1H3,(H,31,35)(H,30,33,34). The third-order valence-electron chi connectivity index (χ3n) is 6.24. The van der Waals surface area contributed by atoms with Gasteiger partial charge in [-0.3, -0.25) is 14.9 Å². The number of aromatic nitrogens is 5. The number of carbonyl (C=O) groups excluding carboxylic acids is 1. The van der Waals surface area contributed by atoms with E-state index in [-0.39, 0.29) is 5.91 Å². The van der Waals surface area contributed by atoms with Gasteiger partial charge >= 0.3 is 0 Å². The van der Waals surface area contributed by atoms with Crippen LogP contribution in [0.5, 0.6) is 0 Å². The second-order valence-corrected chi connectivity index (χ2v) is 9.68. The van der Waals surface area contributed by atoms with Gasteiger partial charge in [-0.25, -0.2) is 4.98 Å². The lowest BCUT2D eigenvalue weighted by molar-refractivity contribution is -0.116. The van der Waals surface area contributed by atoms with Gasteiger partial charge in [0.15, 0.2) is 5.65 Å². The Kier molecular flexibility index (Phi) is 5.79. The van der Waals surface area contributed by atoms with Gasteiger partial charge in [0.05, 0.1) is 23.3 Å². The maximum atomic E-state index is 12.2. The van der Waals surface area contributed by atoms with E-state index in [0.29, 0.717) is 17.8 Å². The van der Waals surface area contributed by atoms with Crippen LogP contribution in [-0.2, 0) is 4.79 Å². The number of aromatic amines is 2. The summed E-state index contributed by atoms with van der Waals surface area (Å²) in [7, 11) is 0. The summed E-state index contributed by atoms with van der Waals surface area (Å²) in [5, 5.41) is 14.7. The summed E-state index contributed by atoms with van der Waals surface area (Å²) in [4.78, 5) is 25.9. The first-order valence-electron chi connectivity index (χ1n) is 11.9.